The number of hydrogen-bond donors (Lipinski definition) is 1. The van der Waals surface area contributed by atoms with Crippen molar-refractivity contribution < 1.29 is 14.0 Å². The van der Waals surface area contributed by atoms with E-state index in [1.54, 1.807) is 0 Å². The largest absolute Gasteiger partial charge is 0.377 e. The fraction of sp³-hybridized carbons (Fsp3) is 0.833. The van der Waals surface area contributed by atoms with Crippen molar-refractivity contribution in [2.45, 2.75) is 44.8 Å². The zero-order chi connectivity index (χ0) is 13.0. The molecule has 2 N–H and O–H groups in total. The Morgan fingerprint density at radius 3 is 3.00 bits per heavy atom. The minimum Gasteiger partial charge on any atom is -0.377 e. The van der Waals surface area contributed by atoms with Gasteiger partial charge in [0.2, 0.25) is 11.7 Å². The van der Waals surface area contributed by atoms with Crippen LogP contribution < -0.4 is 5.73 Å². The third-order valence-electron chi connectivity index (χ3n) is 3.23. The van der Waals surface area contributed by atoms with Gasteiger partial charge in [0, 0.05) is 19.8 Å². The van der Waals surface area contributed by atoms with Crippen LogP contribution in [0.15, 0.2) is 4.52 Å². The third-order valence-corrected chi connectivity index (χ3v) is 3.23. The summed E-state index contributed by atoms with van der Waals surface area (Å²) in [6.45, 7) is 5.76. The molecule has 1 aliphatic heterocycles. The second kappa shape index (κ2) is 5.77. The Bertz CT molecular complexity index is 374. The topological polar surface area (TPSA) is 83.4 Å². The first kappa shape index (κ1) is 13.5. The SMILES string of the molecule is CCOC(CN)Cc1nc(C2(C)CCCO2)no1. The van der Waals surface area contributed by atoms with E-state index in [1.807, 2.05) is 13.8 Å². The van der Waals surface area contributed by atoms with Gasteiger partial charge in [-0.25, -0.2) is 0 Å². The van der Waals surface area contributed by atoms with Crippen LogP contribution in [0.4, 0.5) is 0 Å². The van der Waals surface area contributed by atoms with E-state index in [0.29, 0.717) is 31.3 Å². The molecule has 18 heavy (non-hydrogen) atoms. The van der Waals surface area contributed by atoms with Gasteiger partial charge in [-0.05, 0) is 26.7 Å². The number of nitrogens with zero attached hydrogens (tertiary/aromatic N) is 2. The van der Waals surface area contributed by atoms with Crippen molar-refractivity contribution in [1.82, 2.24) is 10.1 Å². The van der Waals surface area contributed by atoms with E-state index in [1.165, 1.54) is 0 Å². The Labute approximate surface area is 107 Å². The van der Waals surface area contributed by atoms with Crippen LogP contribution in [-0.2, 0) is 21.5 Å². The van der Waals surface area contributed by atoms with Crippen molar-refractivity contribution in [3.8, 4) is 0 Å². The summed E-state index contributed by atoms with van der Waals surface area (Å²) in [5.74, 6) is 1.19. The summed E-state index contributed by atoms with van der Waals surface area (Å²) < 4.78 is 16.4. The molecule has 0 aromatic carbocycles. The fourth-order valence-corrected chi connectivity index (χ4v) is 2.15. The first-order valence-corrected chi connectivity index (χ1v) is 6.46. The van der Waals surface area contributed by atoms with Gasteiger partial charge in [0.1, 0.15) is 5.60 Å². The maximum atomic E-state index is 5.68. The minimum atomic E-state index is -0.397. The standard InChI is InChI=1S/C12H21N3O3/c1-3-16-9(8-13)7-10-14-11(15-18-10)12(2)5-4-6-17-12/h9H,3-8,13H2,1-2H3. The summed E-state index contributed by atoms with van der Waals surface area (Å²) in [5, 5.41) is 4.01. The molecule has 2 rings (SSSR count). The Hall–Kier alpha value is -0.980. The average molecular weight is 255 g/mol. The summed E-state index contributed by atoms with van der Waals surface area (Å²) in [4.78, 5) is 4.40. The quantitative estimate of drug-likeness (QED) is 0.816. The molecule has 1 fully saturated rings. The maximum absolute atomic E-state index is 5.68. The van der Waals surface area contributed by atoms with Crippen LogP contribution in [0.5, 0.6) is 0 Å². The molecule has 0 aliphatic carbocycles. The van der Waals surface area contributed by atoms with Gasteiger partial charge in [-0.15, -0.1) is 0 Å². The van der Waals surface area contributed by atoms with Crippen LogP contribution in [0.25, 0.3) is 0 Å². The van der Waals surface area contributed by atoms with Gasteiger partial charge in [0.25, 0.3) is 0 Å². The van der Waals surface area contributed by atoms with Crippen molar-refractivity contribution >= 4 is 0 Å². The molecule has 0 saturated carbocycles. The van der Waals surface area contributed by atoms with Crippen molar-refractivity contribution in [2.24, 2.45) is 5.73 Å². The predicted molar refractivity (Wildman–Crippen MR) is 65.0 cm³/mol. The van der Waals surface area contributed by atoms with E-state index >= 15 is 0 Å². The second-order valence-electron chi connectivity index (χ2n) is 4.71. The number of rotatable bonds is 6. The van der Waals surface area contributed by atoms with Gasteiger partial charge >= 0.3 is 0 Å². The molecule has 1 aromatic rings. The molecule has 0 spiro atoms. The molecule has 0 bridgehead atoms. The van der Waals surface area contributed by atoms with E-state index in [9.17, 15) is 0 Å². The van der Waals surface area contributed by atoms with E-state index in [2.05, 4.69) is 10.1 Å². The highest BCUT2D eigenvalue weighted by Crippen LogP contribution is 2.33. The molecular weight excluding hydrogens is 234 g/mol. The Kier molecular flexibility index (Phi) is 4.31. The molecular formula is C12H21N3O3. The molecule has 102 valence electrons. The minimum absolute atomic E-state index is 0.0689. The lowest BCUT2D eigenvalue weighted by atomic mass is 10.0. The van der Waals surface area contributed by atoms with Gasteiger partial charge in [0.05, 0.1) is 12.5 Å². The maximum Gasteiger partial charge on any atom is 0.229 e. The van der Waals surface area contributed by atoms with Crippen molar-refractivity contribution in [3.05, 3.63) is 11.7 Å². The molecule has 1 saturated heterocycles. The summed E-state index contributed by atoms with van der Waals surface area (Å²) >= 11 is 0. The van der Waals surface area contributed by atoms with Crippen molar-refractivity contribution in [2.75, 3.05) is 19.8 Å². The molecule has 2 atom stereocenters. The lowest BCUT2D eigenvalue weighted by Crippen LogP contribution is -2.26. The van der Waals surface area contributed by atoms with Gasteiger partial charge in [-0.3, -0.25) is 0 Å². The van der Waals surface area contributed by atoms with Gasteiger partial charge in [-0.2, -0.15) is 4.98 Å². The molecule has 0 amide bonds. The fourth-order valence-electron chi connectivity index (χ4n) is 2.15. The molecule has 1 aromatic heterocycles. The van der Waals surface area contributed by atoms with E-state index < -0.39 is 5.60 Å². The van der Waals surface area contributed by atoms with Gasteiger partial charge in [0.15, 0.2) is 0 Å². The third kappa shape index (κ3) is 2.88. The first-order valence-electron chi connectivity index (χ1n) is 6.46. The van der Waals surface area contributed by atoms with Crippen LogP contribution in [0.1, 0.15) is 38.4 Å². The summed E-state index contributed by atoms with van der Waals surface area (Å²) in [5.41, 5.74) is 5.22. The molecule has 6 nitrogen and oxygen atoms in total. The molecule has 2 heterocycles. The molecule has 1 aliphatic rings. The van der Waals surface area contributed by atoms with Crippen molar-refractivity contribution in [3.63, 3.8) is 0 Å². The monoisotopic (exact) mass is 255 g/mol. The van der Waals surface area contributed by atoms with Crippen LogP contribution >= 0.6 is 0 Å². The lowest BCUT2D eigenvalue weighted by Gasteiger charge is -2.17. The number of ether oxygens (including phenoxy) is 2. The highest BCUT2D eigenvalue weighted by molar-refractivity contribution is 5.02. The van der Waals surface area contributed by atoms with Crippen LogP contribution in [0.3, 0.4) is 0 Å². The molecule has 0 radical (unpaired) electrons. The summed E-state index contributed by atoms with van der Waals surface area (Å²) in [6, 6.07) is 0. The zero-order valence-corrected chi connectivity index (χ0v) is 11.0. The lowest BCUT2D eigenvalue weighted by molar-refractivity contribution is 0.00768. The van der Waals surface area contributed by atoms with Gasteiger partial charge < -0.3 is 19.7 Å². The van der Waals surface area contributed by atoms with E-state index in [4.69, 9.17) is 19.7 Å². The highest BCUT2D eigenvalue weighted by atomic mass is 16.5. The van der Waals surface area contributed by atoms with Crippen LogP contribution in [0, 0.1) is 0 Å². The normalized spacial score (nSPS) is 25.5. The highest BCUT2D eigenvalue weighted by Gasteiger charge is 2.36. The number of nitrogens with two attached hydrogens (primary N) is 1. The number of aromatic nitrogens is 2. The Morgan fingerprint density at radius 2 is 2.39 bits per heavy atom. The Balaban J connectivity index is 2.01. The Morgan fingerprint density at radius 1 is 1.56 bits per heavy atom. The van der Waals surface area contributed by atoms with E-state index in [0.717, 1.165) is 19.4 Å². The predicted octanol–water partition coefficient (Wildman–Crippen LogP) is 1.00. The summed E-state index contributed by atoms with van der Waals surface area (Å²) in [7, 11) is 0. The average Bonchev–Trinajstić information content (AvgIpc) is 2.98. The van der Waals surface area contributed by atoms with Crippen LogP contribution in [0.2, 0.25) is 0 Å². The van der Waals surface area contributed by atoms with Crippen molar-refractivity contribution in [1.29, 1.82) is 0 Å². The number of hydrogen-bond acceptors (Lipinski definition) is 6. The van der Waals surface area contributed by atoms with Gasteiger partial charge in [-0.1, -0.05) is 5.16 Å². The first-order chi connectivity index (χ1) is 8.68. The molecule has 6 heteroatoms. The summed E-state index contributed by atoms with van der Waals surface area (Å²) in [6.07, 6.45) is 2.44. The zero-order valence-electron chi connectivity index (χ0n) is 11.0. The molecule has 2 unspecified atom stereocenters. The second-order valence-corrected chi connectivity index (χ2v) is 4.71. The smallest absolute Gasteiger partial charge is 0.229 e. The van der Waals surface area contributed by atoms with E-state index in [-0.39, 0.29) is 6.10 Å². The van der Waals surface area contributed by atoms with Crippen LogP contribution in [-0.4, -0.2) is 36.0 Å².